The fourth-order valence-electron chi connectivity index (χ4n) is 3.70. The van der Waals surface area contributed by atoms with Gasteiger partial charge in [0.15, 0.2) is 5.75 Å². The van der Waals surface area contributed by atoms with Crippen LogP contribution >= 0.6 is 8.25 Å². The first-order chi connectivity index (χ1) is 16.4. The molecule has 4 aromatic rings. The Morgan fingerprint density at radius 2 is 2.00 bits per heavy atom. The lowest BCUT2D eigenvalue weighted by atomic mass is 10.1. The van der Waals surface area contributed by atoms with Crippen molar-refractivity contribution in [1.29, 1.82) is 5.26 Å². The van der Waals surface area contributed by atoms with Crippen molar-refractivity contribution in [1.82, 2.24) is 19.3 Å². The van der Waals surface area contributed by atoms with Crippen LogP contribution in [0, 0.1) is 18.3 Å². The molecule has 34 heavy (non-hydrogen) atoms. The minimum Gasteiger partial charge on any atom is -0.310 e. The summed E-state index contributed by atoms with van der Waals surface area (Å²) in [6.45, 7) is 4.80. The number of amides is 1. The van der Waals surface area contributed by atoms with E-state index in [1.165, 1.54) is 0 Å². The predicted molar refractivity (Wildman–Crippen MR) is 126 cm³/mol. The largest absolute Gasteiger partial charge is 0.747 e. The highest BCUT2D eigenvalue weighted by molar-refractivity contribution is 7.32. The Morgan fingerprint density at radius 1 is 1.24 bits per heavy atom. The van der Waals surface area contributed by atoms with Gasteiger partial charge in [0.25, 0.3) is 5.91 Å². The maximum atomic E-state index is 13.0. The third-order valence-corrected chi connectivity index (χ3v) is 5.63. The van der Waals surface area contributed by atoms with E-state index in [-0.39, 0.29) is 5.91 Å². The molecule has 1 amide bonds. The Balaban J connectivity index is 1.63. The van der Waals surface area contributed by atoms with Gasteiger partial charge in [-0.1, -0.05) is 12.1 Å². The van der Waals surface area contributed by atoms with Gasteiger partial charge in [-0.2, -0.15) is 10.4 Å². The van der Waals surface area contributed by atoms with Crippen LogP contribution in [-0.4, -0.2) is 30.1 Å². The van der Waals surface area contributed by atoms with E-state index >= 15 is 0 Å². The van der Waals surface area contributed by atoms with Crippen molar-refractivity contribution in [3.8, 4) is 11.8 Å². The van der Waals surface area contributed by atoms with Crippen molar-refractivity contribution in [3.63, 3.8) is 0 Å². The summed E-state index contributed by atoms with van der Waals surface area (Å²) >= 11 is 0. The van der Waals surface area contributed by atoms with Gasteiger partial charge in [-0.3, -0.25) is 14.8 Å². The number of aryl methyl sites for hydroxylation is 4. The van der Waals surface area contributed by atoms with Gasteiger partial charge < -0.3 is 4.57 Å². The van der Waals surface area contributed by atoms with E-state index in [0.717, 1.165) is 16.8 Å². The average molecular weight is 477 g/mol. The standard InChI is InChI=1S/C23H21N6O4P/c1-3-29-21(12-15(2)27-29)22(30)26-23-25-19-13-17(14-24)6-9-20(19)28(23)11-10-16-4-7-18(8-5-16)33-34(31)32/h4-9,12-13H,3,10-11H2,1-2H3,(H-,25,26,30,31,32)/p+1. The van der Waals surface area contributed by atoms with Gasteiger partial charge in [0.1, 0.15) is 5.69 Å². The Kier molecular flexibility index (Phi) is 6.68. The van der Waals surface area contributed by atoms with Crippen LogP contribution in [0.5, 0.6) is 5.75 Å². The molecular formula is C23H22N6O4P+. The zero-order chi connectivity index (χ0) is 24.2. The molecule has 2 heterocycles. The number of carbonyl (C=O) groups excluding carboxylic acids is 1. The molecule has 0 radical (unpaired) electrons. The number of hydrogen-bond donors (Lipinski definition) is 2. The summed E-state index contributed by atoms with van der Waals surface area (Å²) in [4.78, 5) is 26.5. The lowest BCUT2D eigenvalue weighted by Crippen LogP contribution is -2.20. The number of nitrogens with zero attached hydrogens (tertiary/aromatic N) is 5. The highest BCUT2D eigenvalue weighted by Gasteiger charge is 2.19. The van der Waals surface area contributed by atoms with Crippen molar-refractivity contribution in [2.75, 3.05) is 5.32 Å². The Labute approximate surface area is 196 Å². The number of aromatic nitrogens is 4. The molecule has 2 aromatic carbocycles. The van der Waals surface area contributed by atoms with Crippen LogP contribution < -0.4 is 9.84 Å². The van der Waals surface area contributed by atoms with Gasteiger partial charge in [-0.25, -0.2) is 9.51 Å². The monoisotopic (exact) mass is 477 g/mol. The molecule has 2 aromatic heterocycles. The van der Waals surface area contributed by atoms with Gasteiger partial charge in [0, 0.05) is 17.7 Å². The van der Waals surface area contributed by atoms with Gasteiger partial charge in [-0.05, 0) is 62.2 Å². The molecule has 2 N–H and O–H groups in total. The van der Waals surface area contributed by atoms with Crippen LogP contribution in [0.4, 0.5) is 5.95 Å². The Hall–Kier alpha value is -4.06. The lowest BCUT2D eigenvalue weighted by molar-refractivity contribution is 0.101. The maximum absolute atomic E-state index is 13.0. The molecule has 10 nitrogen and oxygen atoms in total. The molecule has 0 saturated carbocycles. The number of anilines is 1. The van der Waals surface area contributed by atoms with Gasteiger partial charge in [0.05, 0.1) is 28.4 Å². The summed E-state index contributed by atoms with van der Waals surface area (Å²) in [6.07, 6.45) is 0.603. The van der Waals surface area contributed by atoms with E-state index in [2.05, 4.69) is 21.5 Å². The molecular weight excluding hydrogens is 455 g/mol. The van der Waals surface area contributed by atoms with E-state index in [1.54, 1.807) is 35.0 Å². The maximum Gasteiger partial charge on any atom is 0.747 e. The zero-order valence-corrected chi connectivity index (χ0v) is 19.5. The van der Waals surface area contributed by atoms with Crippen LogP contribution in [-0.2, 0) is 24.1 Å². The molecule has 1 atom stereocenters. The first kappa shape index (κ1) is 23.1. The van der Waals surface area contributed by atoms with Crippen molar-refractivity contribution in [2.45, 2.75) is 33.4 Å². The minimum atomic E-state index is -2.71. The summed E-state index contributed by atoms with van der Waals surface area (Å²) in [5.74, 6) is 0.355. The summed E-state index contributed by atoms with van der Waals surface area (Å²) in [5, 5.41) is 16.5. The number of imidazole rings is 1. The van der Waals surface area contributed by atoms with Gasteiger partial charge >= 0.3 is 8.25 Å². The molecule has 0 fully saturated rings. The summed E-state index contributed by atoms with van der Waals surface area (Å²) in [5.41, 5.74) is 4.02. The highest BCUT2D eigenvalue weighted by atomic mass is 31.1. The number of nitrogens with one attached hydrogen (secondary N) is 1. The second-order valence-electron chi connectivity index (χ2n) is 7.57. The third kappa shape index (κ3) is 4.96. The number of benzene rings is 2. The number of fused-ring (bicyclic) bond motifs is 1. The van der Waals surface area contributed by atoms with Crippen LogP contribution in [0.3, 0.4) is 0 Å². The highest BCUT2D eigenvalue weighted by Crippen LogP contribution is 2.25. The molecule has 1 unspecified atom stereocenters. The quantitative estimate of drug-likeness (QED) is 0.367. The third-order valence-electron chi connectivity index (χ3n) is 5.27. The SMILES string of the molecule is CCn1nc(C)cc1C(=O)Nc1nc2cc(C#N)ccc2n1CCc1ccc(O[P+](=O)O)cc1. The second-order valence-corrected chi connectivity index (χ2v) is 8.22. The number of nitriles is 1. The topological polar surface area (TPSA) is 135 Å². The van der Waals surface area contributed by atoms with Crippen molar-refractivity contribution < 1.29 is 18.8 Å². The van der Waals surface area contributed by atoms with Crippen LogP contribution in [0.15, 0.2) is 48.5 Å². The normalized spacial score (nSPS) is 11.3. The van der Waals surface area contributed by atoms with E-state index in [0.29, 0.717) is 48.0 Å². The second kappa shape index (κ2) is 9.83. The Bertz CT molecular complexity index is 1420. The van der Waals surface area contributed by atoms with E-state index in [4.69, 9.17) is 9.42 Å². The van der Waals surface area contributed by atoms with Crippen LogP contribution in [0.25, 0.3) is 11.0 Å². The van der Waals surface area contributed by atoms with Crippen molar-refractivity contribution >= 4 is 31.1 Å². The van der Waals surface area contributed by atoms with Crippen molar-refractivity contribution in [3.05, 3.63) is 71.0 Å². The zero-order valence-electron chi connectivity index (χ0n) is 18.6. The molecule has 0 spiro atoms. The number of hydrogen-bond acceptors (Lipinski definition) is 6. The Morgan fingerprint density at radius 3 is 2.68 bits per heavy atom. The summed E-state index contributed by atoms with van der Waals surface area (Å²) in [7, 11) is -2.71. The van der Waals surface area contributed by atoms with Crippen LogP contribution in [0.2, 0.25) is 0 Å². The molecule has 172 valence electrons. The molecule has 11 heteroatoms. The van der Waals surface area contributed by atoms with Crippen molar-refractivity contribution in [2.24, 2.45) is 0 Å². The first-order valence-electron chi connectivity index (χ1n) is 10.6. The van der Waals surface area contributed by atoms with Crippen LogP contribution in [0.1, 0.15) is 34.2 Å². The molecule has 0 aliphatic heterocycles. The summed E-state index contributed by atoms with van der Waals surface area (Å²) < 4.78 is 19.1. The number of carbonyl (C=O) groups is 1. The fourth-order valence-corrected chi connectivity index (χ4v) is 4.01. The average Bonchev–Trinajstić information content (AvgIpc) is 3.37. The molecule has 4 rings (SSSR count). The molecule has 0 bridgehead atoms. The number of rotatable bonds is 8. The van der Waals surface area contributed by atoms with E-state index in [9.17, 15) is 14.6 Å². The molecule has 0 aliphatic rings. The fraction of sp³-hybridized carbons (Fsp3) is 0.217. The van der Waals surface area contributed by atoms with E-state index in [1.807, 2.05) is 36.6 Å². The van der Waals surface area contributed by atoms with Gasteiger partial charge in [0.2, 0.25) is 5.95 Å². The predicted octanol–water partition coefficient (Wildman–Crippen LogP) is 3.96. The lowest BCUT2D eigenvalue weighted by Gasteiger charge is -2.11. The summed E-state index contributed by atoms with van der Waals surface area (Å²) in [6, 6.07) is 15.9. The molecule has 0 aliphatic carbocycles. The smallest absolute Gasteiger partial charge is 0.310 e. The first-order valence-corrected chi connectivity index (χ1v) is 11.7. The van der Waals surface area contributed by atoms with Gasteiger partial charge in [-0.15, -0.1) is 4.89 Å². The van der Waals surface area contributed by atoms with E-state index < -0.39 is 8.25 Å². The minimum absolute atomic E-state index is 0.306. The molecule has 0 saturated heterocycles.